The molecular formula is C19H16N4O. The number of aromatic nitrogens is 3. The fraction of sp³-hybridized carbons (Fsp3) is 0.0526. The van der Waals surface area contributed by atoms with Crippen LogP contribution in [0.2, 0.25) is 0 Å². The van der Waals surface area contributed by atoms with Crippen LogP contribution in [0, 0.1) is 0 Å². The second-order valence-electron chi connectivity index (χ2n) is 5.55. The molecule has 3 aromatic heterocycles. The molecule has 4 rings (SSSR count). The molecule has 0 aliphatic rings. The Balaban J connectivity index is 1.76. The quantitative estimate of drug-likeness (QED) is 0.623. The van der Waals surface area contributed by atoms with Crippen LogP contribution in [0.4, 0.5) is 11.5 Å². The highest BCUT2D eigenvalue weighted by atomic mass is 16.3. The first-order valence-electron chi connectivity index (χ1n) is 7.65. The van der Waals surface area contributed by atoms with Gasteiger partial charge in [-0.25, -0.2) is 9.50 Å². The highest BCUT2D eigenvalue weighted by molar-refractivity contribution is 5.78. The van der Waals surface area contributed by atoms with Crippen molar-refractivity contribution in [1.29, 1.82) is 0 Å². The summed E-state index contributed by atoms with van der Waals surface area (Å²) in [5.41, 5.74) is 3.74. The number of aromatic hydroxyl groups is 1. The lowest BCUT2D eigenvalue weighted by Gasteiger charge is -2.19. The minimum Gasteiger partial charge on any atom is -0.508 e. The van der Waals surface area contributed by atoms with Crippen LogP contribution in [-0.4, -0.2) is 26.8 Å². The Morgan fingerprint density at radius 2 is 1.88 bits per heavy atom. The van der Waals surface area contributed by atoms with Gasteiger partial charge in [-0.05, 0) is 36.4 Å². The van der Waals surface area contributed by atoms with Gasteiger partial charge < -0.3 is 10.0 Å². The largest absolute Gasteiger partial charge is 0.508 e. The zero-order valence-corrected chi connectivity index (χ0v) is 13.2. The van der Waals surface area contributed by atoms with Crippen LogP contribution in [0.25, 0.3) is 16.8 Å². The molecule has 0 unspecified atom stereocenters. The van der Waals surface area contributed by atoms with E-state index in [1.54, 1.807) is 12.1 Å². The molecule has 0 bridgehead atoms. The van der Waals surface area contributed by atoms with Crippen LogP contribution in [0.1, 0.15) is 0 Å². The van der Waals surface area contributed by atoms with Crippen LogP contribution in [0.5, 0.6) is 5.75 Å². The number of benzene rings is 1. The topological polar surface area (TPSA) is 53.7 Å². The van der Waals surface area contributed by atoms with Crippen LogP contribution in [0.15, 0.2) is 73.1 Å². The Bertz CT molecular complexity index is 1010. The Kier molecular flexibility index (Phi) is 3.39. The molecule has 0 spiro atoms. The molecule has 0 atom stereocenters. The van der Waals surface area contributed by atoms with E-state index in [0.717, 1.165) is 28.3 Å². The van der Waals surface area contributed by atoms with E-state index >= 15 is 0 Å². The number of nitrogens with zero attached hydrogens (tertiary/aromatic N) is 4. The minimum absolute atomic E-state index is 0.234. The molecule has 118 valence electrons. The lowest BCUT2D eigenvalue weighted by Crippen LogP contribution is -2.11. The van der Waals surface area contributed by atoms with Crippen molar-refractivity contribution in [3.05, 3.63) is 73.1 Å². The smallest absolute Gasteiger partial charge is 0.133 e. The molecule has 1 N–H and O–H groups in total. The molecule has 0 radical (unpaired) electrons. The van der Waals surface area contributed by atoms with Gasteiger partial charge in [-0.15, -0.1) is 0 Å². The van der Waals surface area contributed by atoms with E-state index in [4.69, 9.17) is 4.98 Å². The van der Waals surface area contributed by atoms with Gasteiger partial charge in [0, 0.05) is 30.6 Å². The number of phenols is 1. The van der Waals surface area contributed by atoms with Gasteiger partial charge in [0.2, 0.25) is 0 Å². The molecule has 1 aromatic carbocycles. The summed E-state index contributed by atoms with van der Waals surface area (Å²) in [5, 5.41) is 14.0. The molecule has 24 heavy (non-hydrogen) atoms. The van der Waals surface area contributed by atoms with E-state index in [2.05, 4.69) is 5.10 Å². The molecule has 0 saturated carbocycles. The molecule has 5 nitrogen and oxygen atoms in total. The molecule has 5 heteroatoms. The maximum Gasteiger partial charge on any atom is 0.133 e. The summed E-state index contributed by atoms with van der Waals surface area (Å²) in [6.45, 7) is 0. The second kappa shape index (κ2) is 5.70. The van der Waals surface area contributed by atoms with E-state index in [-0.39, 0.29) is 5.75 Å². The predicted molar refractivity (Wildman–Crippen MR) is 94.6 cm³/mol. The summed E-state index contributed by atoms with van der Waals surface area (Å²) in [7, 11) is 1.93. The standard InChI is InChI=1S/C19H16N4O/c1-22(14-6-4-7-15(24)12-14)19-10-5-8-17(21-19)16-13-20-23-11-3-2-9-18(16)23/h2-13,24H,1H3. The molecule has 0 saturated heterocycles. The molecule has 0 amide bonds. The van der Waals surface area contributed by atoms with Crippen LogP contribution >= 0.6 is 0 Å². The predicted octanol–water partition coefficient (Wildman–Crippen LogP) is 3.87. The number of rotatable bonds is 3. The first-order valence-corrected chi connectivity index (χ1v) is 7.65. The molecule has 4 aromatic rings. The summed E-state index contributed by atoms with van der Waals surface area (Å²) in [6.07, 6.45) is 3.75. The molecule has 0 aliphatic carbocycles. The van der Waals surface area contributed by atoms with Crippen molar-refractivity contribution in [1.82, 2.24) is 14.6 Å². The van der Waals surface area contributed by atoms with Gasteiger partial charge in [0.1, 0.15) is 11.6 Å². The van der Waals surface area contributed by atoms with Gasteiger partial charge in [0.15, 0.2) is 0 Å². The number of phenolic OH excluding ortho intramolecular Hbond substituents is 1. The number of fused-ring (bicyclic) bond motifs is 1. The number of hydrogen-bond donors (Lipinski definition) is 1. The summed E-state index contributed by atoms with van der Waals surface area (Å²) >= 11 is 0. The average molecular weight is 316 g/mol. The second-order valence-corrected chi connectivity index (χ2v) is 5.55. The van der Waals surface area contributed by atoms with Crippen LogP contribution in [-0.2, 0) is 0 Å². The zero-order chi connectivity index (χ0) is 16.5. The highest BCUT2D eigenvalue weighted by Gasteiger charge is 2.11. The van der Waals surface area contributed by atoms with Gasteiger partial charge in [-0.3, -0.25) is 0 Å². The molecule has 0 fully saturated rings. The summed E-state index contributed by atoms with van der Waals surface area (Å²) < 4.78 is 1.84. The van der Waals surface area contributed by atoms with Gasteiger partial charge in [-0.1, -0.05) is 18.2 Å². The molecule has 0 aliphatic heterocycles. The fourth-order valence-electron chi connectivity index (χ4n) is 2.73. The third-order valence-corrected chi connectivity index (χ3v) is 4.00. The van der Waals surface area contributed by atoms with Crippen molar-refractivity contribution in [3.63, 3.8) is 0 Å². The lowest BCUT2D eigenvalue weighted by molar-refractivity contribution is 0.475. The fourth-order valence-corrected chi connectivity index (χ4v) is 2.73. The van der Waals surface area contributed by atoms with Crippen molar-refractivity contribution in [3.8, 4) is 17.0 Å². The van der Waals surface area contributed by atoms with Crippen molar-refractivity contribution >= 4 is 17.0 Å². The van der Waals surface area contributed by atoms with Crippen LogP contribution < -0.4 is 4.90 Å². The third kappa shape index (κ3) is 2.46. The minimum atomic E-state index is 0.234. The van der Waals surface area contributed by atoms with E-state index in [1.807, 2.05) is 77.4 Å². The Labute approximate surface area is 139 Å². The van der Waals surface area contributed by atoms with E-state index < -0.39 is 0 Å². The number of anilines is 2. The third-order valence-electron chi connectivity index (χ3n) is 4.00. The Hall–Kier alpha value is -3.34. The first kappa shape index (κ1) is 14.3. The monoisotopic (exact) mass is 316 g/mol. The molecule has 3 heterocycles. The highest BCUT2D eigenvalue weighted by Crippen LogP contribution is 2.28. The van der Waals surface area contributed by atoms with Gasteiger partial charge in [0.25, 0.3) is 0 Å². The summed E-state index contributed by atoms with van der Waals surface area (Å²) in [6, 6.07) is 19.0. The Morgan fingerprint density at radius 3 is 2.75 bits per heavy atom. The summed E-state index contributed by atoms with van der Waals surface area (Å²) in [5.74, 6) is 1.03. The van der Waals surface area contributed by atoms with E-state index in [9.17, 15) is 5.11 Å². The maximum atomic E-state index is 9.67. The van der Waals surface area contributed by atoms with Crippen molar-refractivity contribution in [2.75, 3.05) is 11.9 Å². The SMILES string of the molecule is CN(c1cccc(O)c1)c1cccc(-c2cnn3ccccc23)n1. The van der Waals surface area contributed by atoms with E-state index in [0.29, 0.717) is 0 Å². The van der Waals surface area contributed by atoms with E-state index in [1.165, 1.54) is 0 Å². The zero-order valence-electron chi connectivity index (χ0n) is 13.2. The van der Waals surface area contributed by atoms with Gasteiger partial charge in [0.05, 0.1) is 17.4 Å². The first-order chi connectivity index (χ1) is 11.7. The normalized spacial score (nSPS) is 10.9. The summed E-state index contributed by atoms with van der Waals surface area (Å²) in [4.78, 5) is 6.70. The molecular weight excluding hydrogens is 300 g/mol. The Morgan fingerprint density at radius 1 is 1.00 bits per heavy atom. The van der Waals surface area contributed by atoms with Gasteiger partial charge >= 0.3 is 0 Å². The lowest BCUT2D eigenvalue weighted by atomic mass is 10.2. The number of hydrogen-bond acceptors (Lipinski definition) is 4. The average Bonchev–Trinajstić information content (AvgIpc) is 3.05. The van der Waals surface area contributed by atoms with Crippen LogP contribution in [0.3, 0.4) is 0 Å². The number of pyridine rings is 2. The van der Waals surface area contributed by atoms with Gasteiger partial charge in [-0.2, -0.15) is 5.10 Å². The van der Waals surface area contributed by atoms with Crippen molar-refractivity contribution < 1.29 is 5.11 Å². The maximum absolute atomic E-state index is 9.67. The van der Waals surface area contributed by atoms with Crippen molar-refractivity contribution in [2.24, 2.45) is 0 Å². The van der Waals surface area contributed by atoms with Crippen molar-refractivity contribution in [2.45, 2.75) is 0 Å².